The van der Waals surface area contributed by atoms with Crippen LogP contribution in [0.3, 0.4) is 0 Å². The van der Waals surface area contributed by atoms with Gasteiger partial charge in [0.15, 0.2) is 5.78 Å². The molecule has 1 aliphatic carbocycles. The lowest BCUT2D eigenvalue weighted by atomic mass is 9.96. The summed E-state index contributed by atoms with van der Waals surface area (Å²) in [5.74, 6) is -30.2. The molecule has 2 aromatic carbocycles. The van der Waals surface area contributed by atoms with Gasteiger partial charge in [0, 0.05) is 54.2 Å². The fraction of sp³-hybridized carbons (Fsp3) is 0.543. The number of hydrogen-bond acceptors (Lipinski definition) is 25. The summed E-state index contributed by atoms with van der Waals surface area (Å²) in [6.07, 6.45) is 2.87. The van der Waals surface area contributed by atoms with E-state index in [0.29, 0.717) is 35.7 Å². The number of esters is 1. The number of hydrogen-bond donors (Lipinski definition) is 22. The Morgan fingerprint density at radius 1 is 0.571 bits per heavy atom. The van der Waals surface area contributed by atoms with Crippen molar-refractivity contribution in [2.24, 2.45) is 11.7 Å². The summed E-state index contributed by atoms with van der Waals surface area (Å²) in [4.78, 5) is 292. The molecule has 126 heavy (non-hydrogen) atoms. The third kappa shape index (κ3) is 36.0. The van der Waals surface area contributed by atoms with Gasteiger partial charge in [-0.1, -0.05) is 95.2 Å². The predicted molar refractivity (Wildman–Crippen MR) is 442 cm³/mol. The number of amides is 15. The summed E-state index contributed by atoms with van der Waals surface area (Å²) in [5.41, 5.74) is 12.4. The van der Waals surface area contributed by atoms with E-state index >= 15 is 0 Å². The van der Waals surface area contributed by atoms with Gasteiger partial charge in [-0.3, -0.25) is 91.1 Å². The van der Waals surface area contributed by atoms with Crippen molar-refractivity contribution in [2.75, 3.05) is 32.0 Å². The summed E-state index contributed by atoms with van der Waals surface area (Å²) >= 11 is 0. The number of aromatic nitrogens is 1. The number of rotatable bonds is 37. The molecule has 14 atom stereocenters. The molecule has 15 amide bonds. The van der Waals surface area contributed by atoms with E-state index in [2.05, 4.69) is 70.4 Å². The molecule has 2 heterocycles. The molecule has 2 unspecified atom stereocenters. The number of ether oxygens (including phenoxy) is 2. The highest BCUT2D eigenvalue weighted by molar-refractivity contribution is 6.05. The number of aliphatic hydroxyl groups excluding tert-OH is 1. The van der Waals surface area contributed by atoms with Gasteiger partial charge in [0.05, 0.1) is 51.8 Å². The molecule has 3 aromatic rings. The molecule has 24 N–H and O–H groups in total. The van der Waals surface area contributed by atoms with Gasteiger partial charge in [-0.2, -0.15) is 0 Å². The first-order valence-electron chi connectivity index (χ1n) is 41.1. The number of unbranched alkanes of at least 4 members (excludes halogenated alkanes) is 6. The number of aromatic amines is 1. The highest BCUT2D eigenvalue weighted by Gasteiger charge is 2.41. The molecule has 1 saturated heterocycles. The zero-order valence-corrected chi connectivity index (χ0v) is 70.1. The van der Waals surface area contributed by atoms with Crippen molar-refractivity contribution in [1.29, 1.82) is 0 Å². The molecular formula is C81H113N17O28. The number of carbonyl (C=O) groups is 21. The lowest BCUT2D eigenvalue weighted by Crippen LogP contribution is -2.62. The number of benzene rings is 2. The molecule has 0 spiro atoms. The van der Waals surface area contributed by atoms with Crippen molar-refractivity contribution in [3.05, 3.63) is 78.0 Å². The number of ketones is 1. The second kappa shape index (κ2) is 52.7. The highest BCUT2D eigenvalue weighted by atomic mass is 16.6. The Hall–Kier alpha value is -13.7. The van der Waals surface area contributed by atoms with Crippen LogP contribution < -0.4 is 85.9 Å². The normalized spacial score (nSPS) is 21.9. The molecule has 2 aliphatic rings. The number of carboxylic acid groups (broad SMARTS) is 4. The van der Waals surface area contributed by atoms with Crippen molar-refractivity contribution in [1.82, 2.24) is 79.4 Å². The third-order valence-electron chi connectivity index (χ3n) is 20.1. The minimum atomic E-state index is -2.49. The van der Waals surface area contributed by atoms with E-state index in [0.717, 1.165) is 78.6 Å². The topological polar surface area (TPSA) is 714 Å². The number of Topliss-reactive ketones (excluding diaryl/α,β-unsaturated/α-hetero) is 1. The molecule has 1 fully saturated rings. The smallest absolute Gasteiger partial charge is 0.407 e. The maximum absolute atomic E-state index is 15.0. The lowest BCUT2D eigenvalue weighted by Gasteiger charge is -2.30. The number of H-pyrrole nitrogens is 1. The van der Waals surface area contributed by atoms with Crippen molar-refractivity contribution in [3.63, 3.8) is 0 Å². The number of alkyl carbamates (subject to hydrolysis) is 1. The highest BCUT2D eigenvalue weighted by Crippen LogP contribution is 2.22. The van der Waals surface area contributed by atoms with Crippen molar-refractivity contribution >= 4 is 141 Å². The van der Waals surface area contributed by atoms with Crippen molar-refractivity contribution < 1.29 is 136 Å². The number of fused-ring (bicyclic) bond motifs is 1. The number of allylic oxidation sites excluding steroid dienone is 1. The molecule has 5 rings (SSSR count). The molecule has 690 valence electrons. The van der Waals surface area contributed by atoms with Crippen LogP contribution in [-0.2, 0) is 107 Å². The second-order valence-corrected chi connectivity index (χ2v) is 30.4. The van der Waals surface area contributed by atoms with Gasteiger partial charge in [-0.05, 0) is 94.5 Å². The van der Waals surface area contributed by atoms with Crippen molar-refractivity contribution in [3.8, 4) is 0 Å². The minimum absolute atomic E-state index is 0.0291. The standard InChI is InChI=1S/C81H113N17O28/c1-5-6-7-8-9-13-16-29-61(102)90-52(32-45-38-85-50-27-20-18-24-47(45)50)74(117)93-53(34-60(83)101)75(118)95-56(37-67(111)112)76(119)98-69-44(4)125-80(123)57(33-59(100)48-25-17-19-26-49(48)82)96-79(122)68(42(2)31-64(105)106)97-77(120)58(41-99)91-63(104)39-86-71(114)54(35-65(107)108)92-70(113)43(3)88-73(116)55(36-66(109)110)94-72(115)51(89-62(103)40-87-78(69)121)28-21-30-84-81(124)126-46-22-14-11-10-12-15-23-46/h14,17-20,22,24-27,38,42-44,46,51-58,68-69,85,99H,5-13,15-16,21,23,28-37,39-41,82H2,1-4H3,(H2,83,101)(H,84,124)(H,86,114)(H,87,121)(H,88,116)(H,89,103)(H,90,102)(H,91,104)(H,92,113)(H,93,117)(H,94,115)(H,95,118)(H,96,122)(H,97,120)(H,98,119)(H,105,106)(H,107,108)(H,109,110)(H,111,112)/b22-14+/t42?,43-,44-,46?,51+,52+,53-,54+,55+,56+,57+,58-,68+,69+/m1/s1. The Morgan fingerprint density at radius 2 is 1.15 bits per heavy atom. The first-order chi connectivity index (χ1) is 59.8. The van der Waals surface area contributed by atoms with E-state index in [1.165, 1.54) is 24.3 Å². The minimum Gasteiger partial charge on any atom is -0.481 e. The van der Waals surface area contributed by atoms with Crippen LogP contribution in [0.2, 0.25) is 0 Å². The Kier molecular flexibility index (Phi) is 43.1. The average molecular weight is 1770 g/mol. The maximum Gasteiger partial charge on any atom is 0.407 e. The number of nitrogens with one attached hydrogen (secondary N) is 15. The second-order valence-electron chi connectivity index (χ2n) is 30.4. The van der Waals surface area contributed by atoms with Gasteiger partial charge in [-0.15, -0.1) is 0 Å². The molecule has 45 heteroatoms. The summed E-state index contributed by atoms with van der Waals surface area (Å²) < 4.78 is 11.3. The van der Waals surface area contributed by atoms with Crippen LogP contribution >= 0.6 is 0 Å². The number of primary amides is 1. The van der Waals surface area contributed by atoms with Gasteiger partial charge in [0.25, 0.3) is 0 Å². The van der Waals surface area contributed by atoms with Crippen LogP contribution in [0.25, 0.3) is 10.9 Å². The Morgan fingerprint density at radius 3 is 1.79 bits per heavy atom. The Bertz CT molecular complexity index is 4440. The lowest BCUT2D eigenvalue weighted by molar-refractivity contribution is -0.156. The van der Waals surface area contributed by atoms with Crippen LogP contribution in [0.15, 0.2) is 66.9 Å². The quantitative estimate of drug-likeness (QED) is 0.00901. The number of nitrogen functional groups attached to an aromatic ring is 1. The van der Waals surface area contributed by atoms with Crippen LogP contribution in [0.5, 0.6) is 0 Å². The molecular weight excluding hydrogens is 1660 g/mol. The summed E-state index contributed by atoms with van der Waals surface area (Å²) in [7, 11) is 0. The molecule has 45 nitrogen and oxygen atoms in total. The number of aliphatic carboxylic acids is 4. The van der Waals surface area contributed by atoms with Gasteiger partial charge in [0.2, 0.25) is 82.7 Å². The van der Waals surface area contributed by atoms with Gasteiger partial charge in [0.1, 0.15) is 78.7 Å². The monoisotopic (exact) mass is 1770 g/mol. The largest absolute Gasteiger partial charge is 0.481 e. The van der Waals surface area contributed by atoms with E-state index in [1.807, 2.05) is 22.0 Å². The zero-order chi connectivity index (χ0) is 93.3. The number of carboxylic acids is 4. The summed E-state index contributed by atoms with van der Waals surface area (Å²) in [5, 5.41) is 81.8. The fourth-order valence-corrected chi connectivity index (χ4v) is 13.3. The summed E-state index contributed by atoms with van der Waals surface area (Å²) in [6, 6.07) is -11.0. The van der Waals surface area contributed by atoms with Gasteiger partial charge < -0.3 is 126 Å². The number of aliphatic hydroxyl groups is 1. The first-order valence-corrected chi connectivity index (χ1v) is 41.1. The average Bonchev–Trinajstić information content (AvgIpc) is 1.60. The molecule has 0 bridgehead atoms. The van der Waals surface area contributed by atoms with Crippen molar-refractivity contribution in [2.45, 2.75) is 248 Å². The predicted octanol–water partition coefficient (Wildman–Crippen LogP) is -2.97. The number of para-hydroxylation sites is 2. The van der Waals surface area contributed by atoms with Crippen LogP contribution in [-0.4, -0.2) is 260 Å². The zero-order valence-electron chi connectivity index (χ0n) is 70.1. The number of anilines is 1. The number of nitrogens with two attached hydrogens (primary N) is 2. The van der Waals surface area contributed by atoms with E-state index < -0.39 is 274 Å². The number of carbonyl (C=O) groups excluding carboxylic acids is 17. The Balaban J connectivity index is 1.63. The Labute approximate surface area is 722 Å². The maximum atomic E-state index is 15.0. The van der Waals surface area contributed by atoms with E-state index in [-0.39, 0.29) is 37.1 Å². The van der Waals surface area contributed by atoms with Crippen LogP contribution in [0.4, 0.5) is 10.5 Å². The third-order valence-corrected chi connectivity index (χ3v) is 20.1. The van der Waals surface area contributed by atoms with Gasteiger partial charge >= 0.3 is 35.9 Å². The van der Waals surface area contributed by atoms with Gasteiger partial charge in [-0.25, -0.2) is 9.59 Å². The molecule has 0 saturated carbocycles. The molecule has 0 radical (unpaired) electrons. The molecule has 1 aromatic heterocycles. The summed E-state index contributed by atoms with van der Waals surface area (Å²) in [6.45, 7) is 0.872. The fourth-order valence-electron chi connectivity index (χ4n) is 13.3. The van der Waals surface area contributed by atoms with Crippen LogP contribution in [0.1, 0.15) is 178 Å². The molecule has 1 aliphatic heterocycles. The number of cyclic esters (lactones) is 1. The van der Waals surface area contributed by atoms with E-state index in [1.54, 1.807) is 36.5 Å². The SMILES string of the molecule is CCCCCCCCCC(=O)N[C@@H](Cc1c[nH]c2ccccc12)C(=O)N[C@H](CC(N)=O)C(=O)N[C@@H](CC(=O)O)C(=O)N[C@@H]1C(=O)NCC(=O)N[C@@H](CCCNC(=O)OC2/C=C/CCCCC2)C(=O)N[C@@H](CC(=O)O)C(=O)N[C@H](C)C(=O)N[C@@H](CC(=O)O)C(=O)NCC(=O)N[C@H](CO)C(=O)N[C@@H](C(C)CC(=O)O)C(=O)N[C@@H](CC(=O)c2ccccc2N)C(=O)O[C@@H]1C. The van der Waals surface area contributed by atoms with E-state index in [9.17, 15) is 126 Å². The first kappa shape index (κ1) is 103. The van der Waals surface area contributed by atoms with Crippen LogP contribution in [0, 0.1) is 5.92 Å². The van der Waals surface area contributed by atoms with E-state index in [4.69, 9.17) is 20.9 Å².